The molecule has 9 heterocycles. The van der Waals surface area contributed by atoms with Crippen molar-refractivity contribution in [2.45, 2.75) is 95.9 Å². The third kappa shape index (κ3) is 18.6. The predicted molar refractivity (Wildman–Crippen MR) is 361 cm³/mol. The van der Waals surface area contributed by atoms with Crippen LogP contribution >= 0.6 is 68.8 Å². The Morgan fingerprint density at radius 2 is 0.956 bits per heavy atom. The lowest BCUT2D eigenvalue weighted by Gasteiger charge is -2.22. The number of Topliss-reactive ketones (excluding diaryl/α,β-unsaturated/α-hetero) is 1. The number of carboxylic acids is 1. The van der Waals surface area contributed by atoms with Gasteiger partial charge in [-0.1, -0.05) is 71.2 Å². The Bertz CT molecular complexity index is 3800. The maximum atomic E-state index is 13.6. The Hall–Kier alpha value is -6.50. The van der Waals surface area contributed by atoms with E-state index in [-0.39, 0.29) is 47.1 Å². The molecule has 24 heteroatoms. The van der Waals surface area contributed by atoms with Crippen LogP contribution in [0.4, 0.5) is 13.2 Å². The minimum Gasteiger partial charge on any atom is -0.477 e. The number of hydrogen-bond donors (Lipinski definition) is 3. The lowest BCUT2D eigenvalue weighted by atomic mass is 9.93. The molecule has 3 aliphatic rings. The number of halogens is 6. The van der Waals surface area contributed by atoms with Gasteiger partial charge in [-0.2, -0.15) is 15.3 Å². The molecule has 4 N–H and O–H groups in total. The quantitative estimate of drug-likeness (QED) is 0.0698. The number of nitrogens with two attached hydrogens (primary N) is 1. The molecule has 0 fully saturated rings. The van der Waals surface area contributed by atoms with E-state index in [1.807, 2.05) is 96.5 Å². The van der Waals surface area contributed by atoms with Crippen molar-refractivity contribution in [2.75, 3.05) is 61.9 Å². The topological polar surface area (TPSA) is 173 Å². The second-order valence-corrected chi connectivity index (χ2v) is 28.5. The summed E-state index contributed by atoms with van der Waals surface area (Å²) in [6, 6.07) is 25.3. The first-order valence-corrected chi connectivity index (χ1v) is 33.7. The molecular weight excluding hydrogens is 1280 g/mol. The van der Waals surface area contributed by atoms with Crippen LogP contribution in [0.5, 0.6) is 0 Å². The Balaban J connectivity index is 0.000000151. The number of fused-ring (bicyclic) bond motifs is 9. The van der Waals surface area contributed by atoms with Crippen molar-refractivity contribution in [3.05, 3.63) is 188 Å². The molecule has 0 unspecified atom stereocenters. The minimum atomic E-state index is -0.884. The van der Waals surface area contributed by atoms with Gasteiger partial charge in [-0.05, 0) is 177 Å². The Labute approximate surface area is 556 Å². The molecule has 0 bridgehead atoms. The van der Waals surface area contributed by atoms with Gasteiger partial charge in [0.1, 0.15) is 22.3 Å². The second kappa shape index (κ2) is 31.9. The van der Waals surface area contributed by atoms with Crippen molar-refractivity contribution in [2.24, 2.45) is 11.7 Å². The van der Waals surface area contributed by atoms with E-state index in [0.717, 1.165) is 143 Å². The van der Waals surface area contributed by atoms with Crippen LogP contribution in [0.2, 0.25) is 15.1 Å². The van der Waals surface area contributed by atoms with Crippen LogP contribution in [-0.2, 0) is 58.2 Å². The van der Waals surface area contributed by atoms with Crippen LogP contribution in [-0.4, -0.2) is 141 Å². The first kappa shape index (κ1) is 68.9. The highest BCUT2D eigenvalue weighted by Gasteiger charge is 2.28. The number of benzene rings is 3. The Morgan fingerprint density at radius 3 is 1.38 bits per heavy atom. The molecule has 12 rings (SSSR count). The molecule has 0 saturated heterocycles. The molecule has 9 aromatic rings. The summed E-state index contributed by atoms with van der Waals surface area (Å²) in [7, 11) is 11.9. The average molecular weight is 1360 g/mol. The van der Waals surface area contributed by atoms with Gasteiger partial charge in [0, 0.05) is 89.1 Å². The van der Waals surface area contributed by atoms with Crippen molar-refractivity contribution >= 4 is 86.5 Å². The number of aryl methyl sites for hydroxylation is 6. The molecule has 482 valence electrons. The Morgan fingerprint density at radius 1 is 0.560 bits per heavy atom. The van der Waals surface area contributed by atoms with Crippen LogP contribution in [0.25, 0.3) is 33.8 Å². The first-order valence-electron chi connectivity index (χ1n) is 30.1. The van der Waals surface area contributed by atoms with Crippen LogP contribution in [0.1, 0.15) is 86.0 Å². The number of rotatable bonds is 18. The molecule has 6 aromatic heterocycles. The number of aromatic nitrogens is 6. The summed E-state index contributed by atoms with van der Waals surface area (Å²) in [6.45, 7) is 4.73. The number of carbonyl (C=O) groups is 3. The molecule has 1 amide bonds. The van der Waals surface area contributed by atoms with Gasteiger partial charge in [0.05, 0.1) is 60.5 Å². The molecule has 0 saturated carbocycles. The van der Waals surface area contributed by atoms with Gasteiger partial charge in [0.2, 0.25) is 0 Å². The van der Waals surface area contributed by atoms with Gasteiger partial charge in [-0.3, -0.25) is 23.6 Å². The summed E-state index contributed by atoms with van der Waals surface area (Å²) in [6.07, 6.45) is 12.9. The molecule has 91 heavy (non-hydrogen) atoms. The Kier molecular flexibility index (Phi) is 24.1. The van der Waals surface area contributed by atoms with Gasteiger partial charge in [0.25, 0.3) is 5.91 Å². The van der Waals surface area contributed by atoms with Gasteiger partial charge < -0.3 is 30.9 Å². The zero-order valence-electron chi connectivity index (χ0n) is 51.7. The lowest BCUT2D eigenvalue weighted by molar-refractivity contribution is 0.0701. The summed E-state index contributed by atoms with van der Waals surface area (Å²) in [5, 5.41) is 26.9. The number of carbonyl (C=O) groups excluding carboxylic acids is 2. The largest absolute Gasteiger partial charge is 0.477 e. The zero-order valence-corrected chi connectivity index (χ0v) is 56.4. The molecule has 3 atom stereocenters. The molecule has 0 aliphatic carbocycles. The molecule has 0 radical (unpaired) electrons. The summed E-state index contributed by atoms with van der Waals surface area (Å²) in [4.78, 5) is 48.7. The molecule has 3 aromatic carbocycles. The number of nitrogens with one attached hydrogen (secondary N) is 1. The van der Waals surface area contributed by atoms with E-state index in [2.05, 4.69) is 25.5 Å². The fourth-order valence-corrected chi connectivity index (χ4v) is 15.8. The van der Waals surface area contributed by atoms with E-state index in [9.17, 15) is 27.6 Å². The van der Waals surface area contributed by atoms with Crippen molar-refractivity contribution in [1.82, 2.24) is 49.4 Å². The fourth-order valence-electron chi connectivity index (χ4n) is 11.8. The van der Waals surface area contributed by atoms with Crippen molar-refractivity contribution in [3.8, 4) is 33.8 Å². The number of amides is 1. The minimum absolute atomic E-state index is 0.0619. The second-order valence-electron chi connectivity index (χ2n) is 23.9. The zero-order chi connectivity index (χ0) is 65.0. The van der Waals surface area contributed by atoms with Gasteiger partial charge in [0.15, 0.2) is 5.78 Å². The molecular formula is C67H75Cl3F3N11O4S3. The summed E-state index contributed by atoms with van der Waals surface area (Å²) < 4.78 is 45.7. The van der Waals surface area contributed by atoms with Gasteiger partial charge >= 0.3 is 5.97 Å². The third-order valence-corrected chi connectivity index (χ3v) is 19.8. The van der Waals surface area contributed by atoms with Crippen molar-refractivity contribution in [1.29, 1.82) is 0 Å². The summed E-state index contributed by atoms with van der Waals surface area (Å²) >= 11 is 23.3. The lowest BCUT2D eigenvalue weighted by Crippen LogP contribution is -2.43. The predicted octanol–water partition coefficient (Wildman–Crippen LogP) is 13.8. The molecule has 15 nitrogen and oxygen atoms in total. The van der Waals surface area contributed by atoms with Crippen LogP contribution < -0.4 is 11.1 Å². The monoisotopic (exact) mass is 1360 g/mol. The van der Waals surface area contributed by atoms with E-state index >= 15 is 0 Å². The SMILES string of the molecule is CN(C)C[C@@H](CC(=O)c1cc2c(s1)CCCn1ncc(Cl)c1-2)Cc1cccc(F)c1.CN(C)C[C@@H](N)Cc1cccc(F)c1.CN(C)C[C@H](Cc1cccc(F)c1)NC(=O)c1cc2c(s1)CCCn1ncc(Cl)c1-2.O=C(O)c1cc2c(s1)CCCn1ncc(Cl)c1-2. The number of likely N-dealkylation sites (N-methyl/N-ethyl adjacent to an activating group) is 2. The number of nitrogens with zero attached hydrogens (tertiary/aromatic N) is 9. The standard InChI is InChI=1S/C23H25ClFN3OS.C22H24ClFN4OS.C11H9ClN2O2S.C11H17FN2/c1-27(2)14-16(9-15-5-3-6-17(25)10-15)11-20(29)22-12-18-21(30-22)7-4-8-28-23(18)19(24)13-26-28;1-27(2)13-16(10-14-5-3-6-15(24)9-14)26-22(29)20-11-17-19(30-20)7-4-8-28-21(17)18(23)12-25-28;12-7-5-13-14-3-1-2-8-6(10(7)14)4-9(17-8)11(15)16;1-14(2)8-11(13)7-9-4-3-5-10(12)6-9/h3,5-6,10,12-13,16H,4,7-9,11,14H2,1-2H3;3,5-6,9,11-12,16H,4,7-8,10,13H2,1-2H3,(H,26,29);4-5H,1-3H2,(H,15,16);3-6,11H,7-8,13H2,1-2H3/t2*16-;;11-/m10.0/s1. The van der Waals surface area contributed by atoms with E-state index in [1.54, 1.807) is 60.3 Å². The van der Waals surface area contributed by atoms with E-state index < -0.39 is 5.97 Å². The maximum absolute atomic E-state index is 13.6. The number of carboxylic acid groups (broad SMARTS) is 1. The number of hydrogen-bond acceptors (Lipinski definition) is 13. The maximum Gasteiger partial charge on any atom is 0.345 e. The highest BCUT2D eigenvalue weighted by molar-refractivity contribution is 7.15. The van der Waals surface area contributed by atoms with Crippen molar-refractivity contribution < 1.29 is 32.7 Å². The molecule has 0 spiro atoms. The summed E-state index contributed by atoms with van der Waals surface area (Å²) in [5.74, 6) is -1.44. The number of ketones is 1. The van der Waals surface area contributed by atoms with Crippen LogP contribution in [0.15, 0.2) is 110 Å². The smallest absolute Gasteiger partial charge is 0.345 e. The highest BCUT2D eigenvalue weighted by atomic mass is 35.5. The third-order valence-electron chi connectivity index (χ3n) is 15.4. The number of aromatic carboxylic acids is 1. The normalized spacial score (nSPS) is 14.0. The van der Waals surface area contributed by atoms with Gasteiger partial charge in [-0.15, -0.1) is 34.0 Å². The number of thiophene rings is 3. The van der Waals surface area contributed by atoms with E-state index in [1.165, 1.54) is 57.9 Å². The van der Waals surface area contributed by atoms with E-state index in [0.29, 0.717) is 50.6 Å². The van der Waals surface area contributed by atoms with Crippen molar-refractivity contribution in [3.63, 3.8) is 0 Å². The average Bonchev–Trinajstić information content (AvgIpc) is 1.90. The summed E-state index contributed by atoms with van der Waals surface area (Å²) in [5.41, 5.74) is 14.3. The molecule has 3 aliphatic heterocycles. The van der Waals surface area contributed by atoms with Crippen LogP contribution in [0, 0.1) is 23.4 Å². The highest BCUT2D eigenvalue weighted by Crippen LogP contribution is 2.42. The first-order chi connectivity index (χ1) is 43.5. The van der Waals surface area contributed by atoms with Crippen LogP contribution in [0.3, 0.4) is 0 Å². The van der Waals surface area contributed by atoms with E-state index in [4.69, 9.17) is 45.6 Å². The van der Waals surface area contributed by atoms with Gasteiger partial charge in [-0.25, -0.2) is 18.0 Å². The fraction of sp³-hybridized carbons (Fsp3) is 0.373.